The number of allylic oxidation sites excluding steroid dienone is 2. The Morgan fingerprint density at radius 3 is 2.25 bits per heavy atom. The summed E-state index contributed by atoms with van der Waals surface area (Å²) in [6, 6.07) is 35.9. The van der Waals surface area contributed by atoms with Crippen LogP contribution < -0.4 is 0 Å². The average Bonchev–Trinajstić information content (AvgIpc) is 3.13. The molecule has 4 aromatic carbocycles. The molecule has 6 rings (SSSR count). The van der Waals surface area contributed by atoms with Gasteiger partial charge in [-0.15, -0.1) is 35.9 Å². The van der Waals surface area contributed by atoms with Gasteiger partial charge in [-0.3, -0.25) is 9.78 Å². The van der Waals surface area contributed by atoms with Crippen LogP contribution in [0.15, 0.2) is 103 Å². The minimum Gasteiger partial charge on any atom is -0.512 e. The van der Waals surface area contributed by atoms with Crippen LogP contribution in [-0.2, 0) is 30.3 Å². The minimum atomic E-state index is -0.125. The Kier molecular flexibility index (Phi) is 8.54. The molecule has 0 amide bonds. The van der Waals surface area contributed by atoms with Crippen LogP contribution in [0.25, 0.3) is 44.4 Å². The van der Waals surface area contributed by atoms with Gasteiger partial charge in [0, 0.05) is 37.0 Å². The Hall–Kier alpha value is -3.85. The molecule has 4 heteroatoms. The number of hydrogen-bond donors (Lipinski definition) is 1. The van der Waals surface area contributed by atoms with Gasteiger partial charge < -0.3 is 5.11 Å². The summed E-state index contributed by atoms with van der Waals surface area (Å²) in [5.41, 5.74) is 12.1. The molecular weight excluding hydrogens is 671 g/mol. The molecule has 0 atom stereocenters. The zero-order chi connectivity index (χ0) is 27.7. The molecule has 203 valence electrons. The standard InChI is InChI=1S/C31H24N.C5H8O2.Ir/c1-20-10-9-13-22(16-20)24-18-29(21-11-5-4-6-12-21)32-30-19-28-25(17-26(24)30)23-14-7-8-15-27(23)31(28,2)3;1-4(6)3-5(2)7;/h4-11,13-19H,1-3H3;3,6H,1-2H3;/q-1;;/b;4-3-;. The molecular formula is C36H32IrNO2-. The largest absolute Gasteiger partial charge is 0.512 e. The van der Waals surface area contributed by atoms with E-state index in [-0.39, 0.29) is 37.1 Å². The second-order valence-corrected chi connectivity index (χ2v) is 10.7. The van der Waals surface area contributed by atoms with Gasteiger partial charge in [0.05, 0.1) is 11.3 Å². The first-order valence-electron chi connectivity index (χ1n) is 13.2. The number of rotatable bonds is 3. The molecule has 0 saturated carbocycles. The smallest absolute Gasteiger partial charge is 0.155 e. The molecule has 1 N–H and O–H groups in total. The van der Waals surface area contributed by atoms with Crippen molar-refractivity contribution in [2.45, 2.75) is 40.0 Å². The maximum Gasteiger partial charge on any atom is 0.155 e. The van der Waals surface area contributed by atoms with Gasteiger partial charge in [-0.1, -0.05) is 74.0 Å². The molecule has 5 aromatic rings. The molecule has 0 fully saturated rings. The van der Waals surface area contributed by atoms with Gasteiger partial charge in [-0.2, -0.15) is 0 Å². The van der Waals surface area contributed by atoms with Crippen LogP contribution in [-0.4, -0.2) is 15.9 Å². The predicted molar refractivity (Wildman–Crippen MR) is 161 cm³/mol. The van der Waals surface area contributed by atoms with Crippen molar-refractivity contribution in [1.29, 1.82) is 0 Å². The van der Waals surface area contributed by atoms with Crippen LogP contribution in [0.5, 0.6) is 0 Å². The average molecular weight is 703 g/mol. The summed E-state index contributed by atoms with van der Waals surface area (Å²) in [4.78, 5) is 15.1. The predicted octanol–water partition coefficient (Wildman–Crippen LogP) is 9.02. The van der Waals surface area contributed by atoms with Gasteiger partial charge in [-0.25, -0.2) is 0 Å². The number of ketones is 1. The molecule has 0 aliphatic heterocycles. The van der Waals surface area contributed by atoms with Gasteiger partial charge in [-0.05, 0) is 72.0 Å². The summed E-state index contributed by atoms with van der Waals surface area (Å²) in [6.07, 6.45) is 1.17. The maximum absolute atomic E-state index is 10.0. The van der Waals surface area contributed by atoms with E-state index in [0.29, 0.717) is 0 Å². The summed E-state index contributed by atoms with van der Waals surface area (Å²) in [5, 5.41) is 9.56. The summed E-state index contributed by atoms with van der Waals surface area (Å²) in [7, 11) is 0. The van der Waals surface area contributed by atoms with E-state index in [0.717, 1.165) is 16.8 Å². The van der Waals surface area contributed by atoms with Crippen molar-refractivity contribution in [3.63, 3.8) is 0 Å². The molecule has 1 aliphatic rings. The Morgan fingerprint density at radius 2 is 1.60 bits per heavy atom. The Balaban J connectivity index is 0.000000413. The quantitative estimate of drug-likeness (QED) is 0.116. The second kappa shape index (κ2) is 11.7. The molecule has 0 bridgehead atoms. The van der Waals surface area contributed by atoms with Crippen molar-refractivity contribution in [2.24, 2.45) is 0 Å². The molecule has 40 heavy (non-hydrogen) atoms. The summed E-state index contributed by atoms with van der Waals surface area (Å²) in [5.74, 6) is -0.0625. The first kappa shape index (κ1) is 29.1. The van der Waals surface area contributed by atoms with Crippen molar-refractivity contribution in [3.05, 3.63) is 126 Å². The fourth-order valence-corrected chi connectivity index (χ4v) is 5.46. The fraction of sp³-hybridized carbons (Fsp3) is 0.167. The summed E-state index contributed by atoms with van der Waals surface area (Å²) < 4.78 is 0. The van der Waals surface area contributed by atoms with Crippen LogP contribution in [0.3, 0.4) is 0 Å². The van der Waals surface area contributed by atoms with Gasteiger partial charge in [0.15, 0.2) is 5.78 Å². The third kappa shape index (κ3) is 5.70. The van der Waals surface area contributed by atoms with Crippen LogP contribution >= 0.6 is 0 Å². The SMILES string of the molecule is CC(=O)/C=C(/C)O.Cc1cccc(-c2cc(-c3[c-]cccc3)nc3cc4c(cc23)-c2ccccc2C4(C)C)c1.[Ir]. The number of benzene rings is 4. The molecule has 0 unspecified atom stereocenters. The Labute approximate surface area is 250 Å². The Morgan fingerprint density at radius 1 is 0.850 bits per heavy atom. The number of aliphatic hydroxyl groups excluding tert-OH is 1. The summed E-state index contributed by atoms with van der Waals surface area (Å²) >= 11 is 0. The van der Waals surface area contributed by atoms with Crippen molar-refractivity contribution < 1.29 is 30.0 Å². The number of nitrogens with zero attached hydrogens (tertiary/aromatic N) is 1. The number of aromatic nitrogens is 1. The molecule has 0 spiro atoms. The van der Waals surface area contributed by atoms with E-state index in [1.54, 1.807) is 0 Å². The topological polar surface area (TPSA) is 50.2 Å². The zero-order valence-corrected chi connectivity index (χ0v) is 25.8. The second-order valence-electron chi connectivity index (χ2n) is 10.7. The van der Waals surface area contributed by atoms with E-state index in [1.807, 2.05) is 18.2 Å². The zero-order valence-electron chi connectivity index (χ0n) is 23.4. The van der Waals surface area contributed by atoms with Crippen molar-refractivity contribution in [3.8, 4) is 33.5 Å². The molecule has 1 radical (unpaired) electrons. The van der Waals surface area contributed by atoms with Crippen molar-refractivity contribution in [2.75, 3.05) is 0 Å². The molecule has 1 aromatic heterocycles. The van der Waals surface area contributed by atoms with Crippen molar-refractivity contribution in [1.82, 2.24) is 4.98 Å². The normalized spacial score (nSPS) is 13.0. The van der Waals surface area contributed by atoms with Gasteiger partial charge in [0.2, 0.25) is 0 Å². The van der Waals surface area contributed by atoms with Crippen LogP contribution in [0.1, 0.15) is 44.4 Å². The number of carbonyl (C=O) groups excluding carboxylic acids is 1. The third-order valence-corrected chi connectivity index (χ3v) is 7.24. The van der Waals surface area contributed by atoms with Gasteiger partial charge >= 0.3 is 0 Å². The number of carbonyl (C=O) groups is 1. The molecule has 1 aliphatic carbocycles. The monoisotopic (exact) mass is 703 g/mol. The number of aliphatic hydroxyl groups is 1. The number of fused-ring (bicyclic) bond motifs is 4. The fourth-order valence-electron chi connectivity index (χ4n) is 5.46. The number of aryl methyl sites for hydroxylation is 1. The molecule has 0 saturated heterocycles. The Bertz CT molecular complexity index is 1730. The van der Waals surface area contributed by atoms with E-state index < -0.39 is 0 Å². The van der Waals surface area contributed by atoms with Gasteiger partial charge in [0.25, 0.3) is 0 Å². The van der Waals surface area contributed by atoms with Crippen LogP contribution in [0.2, 0.25) is 0 Å². The van der Waals surface area contributed by atoms with E-state index >= 15 is 0 Å². The first-order chi connectivity index (χ1) is 18.6. The van der Waals surface area contributed by atoms with E-state index in [2.05, 4.69) is 99.6 Å². The van der Waals surface area contributed by atoms with E-state index in [1.165, 1.54) is 64.3 Å². The summed E-state index contributed by atoms with van der Waals surface area (Å²) in [6.45, 7) is 9.63. The van der Waals surface area contributed by atoms with E-state index in [9.17, 15) is 4.79 Å². The number of pyridine rings is 1. The van der Waals surface area contributed by atoms with Crippen LogP contribution in [0, 0.1) is 13.0 Å². The first-order valence-corrected chi connectivity index (χ1v) is 13.2. The molecule has 3 nitrogen and oxygen atoms in total. The maximum atomic E-state index is 10.0. The minimum absolute atomic E-state index is 0. The van der Waals surface area contributed by atoms with E-state index in [4.69, 9.17) is 10.1 Å². The van der Waals surface area contributed by atoms with Crippen LogP contribution in [0.4, 0.5) is 0 Å². The third-order valence-electron chi connectivity index (χ3n) is 7.24. The number of hydrogen-bond acceptors (Lipinski definition) is 3. The van der Waals surface area contributed by atoms with Gasteiger partial charge in [0.1, 0.15) is 0 Å². The van der Waals surface area contributed by atoms with Crippen molar-refractivity contribution >= 4 is 16.7 Å². The molecule has 1 heterocycles.